The number of fused-ring (bicyclic) bond motifs is 1. The normalized spacial score (nSPS) is 16.9. The fourth-order valence-electron chi connectivity index (χ4n) is 4.08. The molecule has 1 atom stereocenters. The summed E-state index contributed by atoms with van der Waals surface area (Å²) < 4.78 is 0. The lowest BCUT2D eigenvalue weighted by molar-refractivity contribution is -0.122. The molecule has 1 saturated heterocycles. The van der Waals surface area contributed by atoms with Crippen LogP contribution in [0.1, 0.15) is 31.2 Å². The van der Waals surface area contributed by atoms with Crippen LogP contribution in [-0.2, 0) is 10.3 Å². The summed E-state index contributed by atoms with van der Waals surface area (Å²) in [4.78, 5) is 27.0. The number of aromatic nitrogens is 3. The number of hydrogen-bond acceptors (Lipinski definition) is 5. The van der Waals surface area contributed by atoms with E-state index in [2.05, 4.69) is 25.2 Å². The Morgan fingerprint density at radius 1 is 1.18 bits per heavy atom. The molecule has 1 amide bonds. The van der Waals surface area contributed by atoms with E-state index in [4.69, 9.17) is 5.73 Å². The average Bonchev–Trinajstić information content (AvgIpc) is 3.40. The van der Waals surface area contributed by atoms with Gasteiger partial charge in [0.2, 0.25) is 5.91 Å². The van der Waals surface area contributed by atoms with Crippen LogP contribution in [-0.4, -0.2) is 45.4 Å². The van der Waals surface area contributed by atoms with Crippen LogP contribution in [0.25, 0.3) is 11.0 Å². The van der Waals surface area contributed by atoms with Crippen LogP contribution in [0.2, 0.25) is 0 Å². The highest BCUT2D eigenvalue weighted by Crippen LogP contribution is 2.33. The zero-order chi connectivity index (χ0) is 19.4. The highest BCUT2D eigenvalue weighted by molar-refractivity contribution is 5.93. The van der Waals surface area contributed by atoms with Gasteiger partial charge in [-0.05, 0) is 56.9 Å². The molecule has 4 N–H and O–H groups in total. The quantitative estimate of drug-likeness (QED) is 0.559. The molecule has 7 heteroatoms. The SMILES string of the molecule is NC(=O)C(CCCN1CCCC1)(Nc1ncnc2[nH]ccc12)c1ccccc1. The summed E-state index contributed by atoms with van der Waals surface area (Å²) in [6, 6.07) is 11.6. The Morgan fingerprint density at radius 3 is 2.71 bits per heavy atom. The van der Waals surface area contributed by atoms with Crippen LogP contribution in [0, 0.1) is 0 Å². The average molecular weight is 378 g/mol. The van der Waals surface area contributed by atoms with Gasteiger partial charge in [0.15, 0.2) is 0 Å². The lowest BCUT2D eigenvalue weighted by Crippen LogP contribution is -2.48. The highest BCUT2D eigenvalue weighted by Gasteiger charge is 2.39. The number of benzene rings is 1. The molecule has 4 rings (SSSR count). The Morgan fingerprint density at radius 2 is 1.96 bits per heavy atom. The van der Waals surface area contributed by atoms with E-state index in [-0.39, 0.29) is 0 Å². The van der Waals surface area contributed by atoms with Gasteiger partial charge in [0, 0.05) is 6.20 Å². The van der Waals surface area contributed by atoms with Crippen LogP contribution in [0.4, 0.5) is 5.82 Å². The lowest BCUT2D eigenvalue weighted by Gasteiger charge is -2.33. The number of aromatic amines is 1. The van der Waals surface area contributed by atoms with E-state index in [0.717, 1.165) is 42.7 Å². The first-order valence-corrected chi connectivity index (χ1v) is 9.83. The Hall–Kier alpha value is -2.93. The van der Waals surface area contributed by atoms with Gasteiger partial charge in [0.25, 0.3) is 0 Å². The topological polar surface area (TPSA) is 99.9 Å². The summed E-state index contributed by atoms with van der Waals surface area (Å²) in [5.41, 5.74) is 6.55. The van der Waals surface area contributed by atoms with Crippen molar-refractivity contribution in [2.75, 3.05) is 25.0 Å². The minimum Gasteiger partial charge on any atom is -0.367 e. The van der Waals surface area contributed by atoms with Crippen LogP contribution in [0.5, 0.6) is 0 Å². The molecule has 1 aliphatic rings. The number of anilines is 1. The number of amides is 1. The van der Waals surface area contributed by atoms with Crippen molar-refractivity contribution in [3.8, 4) is 0 Å². The number of nitrogens with two attached hydrogens (primary N) is 1. The van der Waals surface area contributed by atoms with Gasteiger partial charge in [0.05, 0.1) is 5.39 Å². The maximum atomic E-state index is 12.8. The van der Waals surface area contributed by atoms with E-state index in [1.165, 1.54) is 19.2 Å². The first kappa shape index (κ1) is 18.4. The van der Waals surface area contributed by atoms with E-state index < -0.39 is 11.4 Å². The predicted molar refractivity (Wildman–Crippen MR) is 110 cm³/mol. The van der Waals surface area contributed by atoms with E-state index in [1.54, 1.807) is 0 Å². The number of rotatable bonds is 8. The van der Waals surface area contributed by atoms with Crippen LogP contribution in [0.3, 0.4) is 0 Å². The van der Waals surface area contributed by atoms with Gasteiger partial charge < -0.3 is 20.9 Å². The maximum absolute atomic E-state index is 12.8. The van der Waals surface area contributed by atoms with Crippen molar-refractivity contribution in [3.05, 3.63) is 54.5 Å². The zero-order valence-corrected chi connectivity index (χ0v) is 15.9. The smallest absolute Gasteiger partial charge is 0.247 e. The van der Waals surface area contributed by atoms with Crippen molar-refractivity contribution in [1.82, 2.24) is 19.9 Å². The van der Waals surface area contributed by atoms with Crippen LogP contribution in [0.15, 0.2) is 48.9 Å². The van der Waals surface area contributed by atoms with E-state index in [9.17, 15) is 4.79 Å². The molecule has 146 valence electrons. The zero-order valence-electron chi connectivity index (χ0n) is 15.9. The van der Waals surface area contributed by atoms with Gasteiger partial charge in [-0.3, -0.25) is 4.79 Å². The van der Waals surface area contributed by atoms with E-state index in [0.29, 0.717) is 12.2 Å². The molecular formula is C21H26N6O. The number of carbonyl (C=O) groups is 1. The van der Waals surface area contributed by atoms with Gasteiger partial charge in [0.1, 0.15) is 23.3 Å². The molecule has 0 spiro atoms. The molecule has 1 aromatic carbocycles. The van der Waals surface area contributed by atoms with E-state index >= 15 is 0 Å². The number of nitrogens with one attached hydrogen (secondary N) is 2. The number of likely N-dealkylation sites (tertiary alicyclic amines) is 1. The van der Waals surface area contributed by atoms with Crippen molar-refractivity contribution < 1.29 is 4.79 Å². The number of hydrogen-bond donors (Lipinski definition) is 3. The minimum atomic E-state index is -1.03. The summed E-state index contributed by atoms with van der Waals surface area (Å²) in [6.07, 6.45) is 7.27. The number of nitrogens with zero attached hydrogens (tertiary/aromatic N) is 3. The Balaban J connectivity index is 1.67. The van der Waals surface area contributed by atoms with Crippen LogP contribution >= 0.6 is 0 Å². The first-order valence-electron chi connectivity index (χ1n) is 9.83. The second kappa shape index (κ2) is 7.98. The molecule has 2 aromatic heterocycles. The molecule has 3 heterocycles. The first-order chi connectivity index (χ1) is 13.7. The molecule has 28 heavy (non-hydrogen) atoms. The maximum Gasteiger partial charge on any atom is 0.247 e. The third-order valence-corrected chi connectivity index (χ3v) is 5.60. The van der Waals surface area contributed by atoms with Gasteiger partial charge in [-0.15, -0.1) is 0 Å². The summed E-state index contributed by atoms with van der Waals surface area (Å²) in [5, 5.41) is 4.24. The molecule has 0 aliphatic carbocycles. The van der Waals surface area contributed by atoms with Crippen LogP contribution < -0.4 is 11.1 Å². The molecule has 0 saturated carbocycles. The van der Waals surface area contributed by atoms with Gasteiger partial charge in [-0.2, -0.15) is 0 Å². The summed E-state index contributed by atoms with van der Waals surface area (Å²) in [7, 11) is 0. The molecule has 1 aliphatic heterocycles. The molecule has 7 nitrogen and oxygen atoms in total. The van der Waals surface area contributed by atoms with Crippen molar-refractivity contribution in [1.29, 1.82) is 0 Å². The third-order valence-electron chi connectivity index (χ3n) is 5.60. The predicted octanol–water partition coefficient (Wildman–Crippen LogP) is 2.63. The Labute approximate surface area is 164 Å². The van der Waals surface area contributed by atoms with Gasteiger partial charge >= 0.3 is 0 Å². The van der Waals surface area contributed by atoms with Crippen molar-refractivity contribution in [2.45, 2.75) is 31.2 Å². The van der Waals surface area contributed by atoms with Crippen molar-refractivity contribution in [3.63, 3.8) is 0 Å². The number of H-pyrrole nitrogens is 1. The number of carbonyl (C=O) groups excluding carboxylic acids is 1. The second-order valence-corrected chi connectivity index (χ2v) is 7.38. The lowest BCUT2D eigenvalue weighted by atomic mass is 9.84. The second-order valence-electron chi connectivity index (χ2n) is 7.38. The Bertz CT molecular complexity index is 934. The van der Waals surface area contributed by atoms with E-state index in [1.807, 2.05) is 42.6 Å². The minimum absolute atomic E-state index is 0.401. The molecule has 0 radical (unpaired) electrons. The molecular weight excluding hydrogens is 352 g/mol. The van der Waals surface area contributed by atoms with Crippen molar-refractivity contribution in [2.24, 2.45) is 5.73 Å². The largest absolute Gasteiger partial charge is 0.367 e. The Kier molecular flexibility index (Phi) is 5.25. The number of primary amides is 1. The molecule has 3 aromatic rings. The summed E-state index contributed by atoms with van der Waals surface area (Å²) in [5.74, 6) is 0.206. The molecule has 1 fully saturated rings. The van der Waals surface area contributed by atoms with Gasteiger partial charge in [-0.1, -0.05) is 30.3 Å². The monoisotopic (exact) mass is 378 g/mol. The van der Waals surface area contributed by atoms with Gasteiger partial charge in [-0.25, -0.2) is 9.97 Å². The molecule has 0 bridgehead atoms. The summed E-state index contributed by atoms with van der Waals surface area (Å²) >= 11 is 0. The molecule has 1 unspecified atom stereocenters. The standard InChI is InChI=1S/C21H26N6O/c22-20(28)21(16-7-2-1-3-8-16,10-6-14-27-12-4-5-13-27)26-19-17-9-11-23-18(17)24-15-25-19/h1-3,7-9,11,15H,4-6,10,12-14H2,(H2,22,28)(H2,23,24,25,26). The third kappa shape index (κ3) is 3.57. The fraction of sp³-hybridized carbons (Fsp3) is 0.381. The highest BCUT2D eigenvalue weighted by atomic mass is 16.1. The fourth-order valence-corrected chi connectivity index (χ4v) is 4.08. The van der Waals surface area contributed by atoms with Crippen molar-refractivity contribution >= 4 is 22.8 Å². The summed E-state index contributed by atoms with van der Waals surface area (Å²) in [6.45, 7) is 3.24.